The molecule has 0 bridgehead atoms. The van der Waals surface area contributed by atoms with E-state index < -0.39 is 26.4 Å². The topological polar surface area (TPSA) is 87.8 Å². The summed E-state index contributed by atoms with van der Waals surface area (Å²) < 4.78 is 43.4. The van der Waals surface area contributed by atoms with Crippen LogP contribution in [0.2, 0.25) is 0 Å². The molecule has 148 valence electrons. The molecule has 0 unspecified atom stereocenters. The molecule has 1 saturated carbocycles. The highest BCUT2D eigenvalue weighted by atomic mass is 32.2. The number of nitrogens with two attached hydrogens (primary N) is 1. The Hall–Kier alpha value is -2.16. The van der Waals surface area contributed by atoms with Crippen LogP contribution < -0.4 is 15.2 Å². The molecule has 1 fully saturated rings. The summed E-state index contributed by atoms with van der Waals surface area (Å²) in [4.78, 5) is 0.397. The van der Waals surface area contributed by atoms with Crippen LogP contribution in [0.25, 0.3) is 0 Å². The van der Waals surface area contributed by atoms with Gasteiger partial charge in [-0.15, -0.1) is 0 Å². The van der Waals surface area contributed by atoms with Gasteiger partial charge < -0.3 is 19.9 Å². The van der Waals surface area contributed by atoms with Gasteiger partial charge in [0.2, 0.25) is 6.79 Å². The highest BCUT2D eigenvalue weighted by molar-refractivity contribution is 7.92. The zero-order valence-corrected chi connectivity index (χ0v) is 17.0. The smallest absolute Gasteiger partial charge is 0.231 e. The summed E-state index contributed by atoms with van der Waals surface area (Å²) in [6.45, 7) is 2.59. The van der Waals surface area contributed by atoms with Crippen molar-refractivity contribution in [1.29, 1.82) is 0 Å². The van der Waals surface area contributed by atoms with Crippen LogP contribution in [0.1, 0.15) is 18.4 Å². The Balaban J connectivity index is 1.81. The van der Waals surface area contributed by atoms with Gasteiger partial charge in [-0.3, -0.25) is 0 Å². The van der Waals surface area contributed by atoms with Gasteiger partial charge in [0.05, 0.1) is 27.2 Å². The quantitative estimate of drug-likeness (QED) is 0.690. The molecule has 8 heteroatoms. The Bertz CT molecular complexity index is 1010. The highest BCUT2D eigenvalue weighted by Gasteiger charge is 2.73. The molecule has 28 heavy (non-hydrogen) atoms. The Labute approximate surface area is 169 Å². The number of thiocarbonyl (C=S) groups is 1. The van der Waals surface area contributed by atoms with Crippen molar-refractivity contribution in [3.05, 3.63) is 54.1 Å². The fourth-order valence-electron chi connectivity index (χ4n) is 4.00. The number of ether oxygens (including phenoxy) is 3. The average Bonchev–Trinajstić information content (AvgIpc) is 3.18. The predicted octanol–water partition coefficient (Wildman–Crippen LogP) is 2.66. The fourth-order valence-corrected chi connectivity index (χ4v) is 6.80. The van der Waals surface area contributed by atoms with Crippen molar-refractivity contribution >= 4 is 27.0 Å². The molecular weight excluding hydrogens is 398 g/mol. The summed E-state index contributed by atoms with van der Waals surface area (Å²) in [7, 11) is -3.68. The lowest BCUT2D eigenvalue weighted by Crippen LogP contribution is -2.33. The summed E-state index contributed by atoms with van der Waals surface area (Å²) in [5.41, 5.74) is 5.94. The molecular formula is C20H21NO5S2. The summed E-state index contributed by atoms with van der Waals surface area (Å²) in [5, 5.41) is -0.799. The van der Waals surface area contributed by atoms with Crippen LogP contribution in [-0.4, -0.2) is 38.7 Å². The molecule has 4 rings (SSSR count). The lowest BCUT2D eigenvalue weighted by Gasteiger charge is -2.17. The number of fused-ring (bicyclic) bond motifs is 1. The van der Waals surface area contributed by atoms with Crippen molar-refractivity contribution in [2.24, 2.45) is 11.1 Å². The van der Waals surface area contributed by atoms with Crippen molar-refractivity contribution in [3.63, 3.8) is 0 Å². The monoisotopic (exact) mass is 419 g/mol. The summed E-state index contributed by atoms with van der Waals surface area (Å²) >= 11 is 5.36. The highest BCUT2D eigenvalue weighted by Crippen LogP contribution is 2.65. The third kappa shape index (κ3) is 2.87. The van der Waals surface area contributed by atoms with E-state index in [2.05, 4.69) is 0 Å². The number of hydrogen-bond donors (Lipinski definition) is 1. The van der Waals surface area contributed by atoms with Crippen LogP contribution in [0, 0.1) is 5.41 Å². The van der Waals surface area contributed by atoms with Gasteiger partial charge in [0, 0.05) is 12.5 Å². The molecule has 0 amide bonds. The third-order valence-corrected chi connectivity index (χ3v) is 8.09. The molecule has 1 heterocycles. The molecule has 6 nitrogen and oxygen atoms in total. The van der Waals surface area contributed by atoms with Gasteiger partial charge in [0.15, 0.2) is 21.3 Å². The number of benzene rings is 2. The normalized spacial score (nSPS) is 25.5. The fraction of sp³-hybridized carbons (Fsp3) is 0.350. The largest absolute Gasteiger partial charge is 0.454 e. The molecule has 2 aromatic rings. The van der Waals surface area contributed by atoms with Gasteiger partial charge in [-0.1, -0.05) is 36.5 Å². The first-order valence-corrected chi connectivity index (χ1v) is 10.9. The molecule has 3 atom stereocenters. The molecule has 1 aliphatic heterocycles. The lowest BCUT2D eigenvalue weighted by atomic mass is 9.99. The Morgan fingerprint density at radius 1 is 1.21 bits per heavy atom. The van der Waals surface area contributed by atoms with Crippen LogP contribution >= 0.6 is 12.2 Å². The Morgan fingerprint density at radius 3 is 2.61 bits per heavy atom. The van der Waals surface area contributed by atoms with Crippen molar-refractivity contribution < 1.29 is 22.6 Å². The van der Waals surface area contributed by atoms with Crippen LogP contribution in [-0.2, 0) is 14.6 Å². The van der Waals surface area contributed by atoms with Gasteiger partial charge in [-0.2, -0.15) is 0 Å². The standard InChI is InChI=1S/C20H21NO5S2/c1-2-24-11-20(19(21)27)17(13-8-9-15-16(10-13)26-12-25-15)18(20)28(22,23)14-6-4-3-5-7-14/h3-10,17-18H,2,11-12H2,1H3,(H2,21,27)/t17-,18-,20+/m0/s1. The minimum absolute atomic E-state index is 0.146. The van der Waals surface area contributed by atoms with E-state index in [1.54, 1.807) is 36.4 Å². The van der Waals surface area contributed by atoms with Crippen LogP contribution in [0.15, 0.2) is 53.4 Å². The summed E-state index contributed by atoms with van der Waals surface area (Å²) in [6.07, 6.45) is 0. The molecule has 0 radical (unpaired) electrons. The van der Waals surface area contributed by atoms with E-state index in [1.807, 2.05) is 19.1 Å². The van der Waals surface area contributed by atoms with Crippen molar-refractivity contribution in [2.75, 3.05) is 20.0 Å². The van der Waals surface area contributed by atoms with E-state index >= 15 is 0 Å². The van der Waals surface area contributed by atoms with Crippen LogP contribution in [0.3, 0.4) is 0 Å². The summed E-state index contributed by atoms with van der Waals surface area (Å²) in [5.74, 6) is 0.808. The minimum Gasteiger partial charge on any atom is -0.454 e. The van der Waals surface area contributed by atoms with E-state index in [-0.39, 0.29) is 23.3 Å². The van der Waals surface area contributed by atoms with Crippen molar-refractivity contribution in [2.45, 2.75) is 23.0 Å². The zero-order chi connectivity index (χ0) is 19.9. The average molecular weight is 420 g/mol. The van der Waals surface area contributed by atoms with E-state index in [0.717, 1.165) is 5.56 Å². The van der Waals surface area contributed by atoms with Gasteiger partial charge in [0.1, 0.15) is 0 Å². The first-order chi connectivity index (χ1) is 13.4. The molecule has 2 aliphatic rings. The molecule has 0 saturated heterocycles. The second-order valence-corrected chi connectivity index (χ2v) is 9.42. The maximum atomic E-state index is 13.5. The van der Waals surface area contributed by atoms with E-state index in [1.165, 1.54) is 0 Å². The zero-order valence-electron chi connectivity index (χ0n) is 15.3. The lowest BCUT2D eigenvalue weighted by molar-refractivity contribution is 0.121. The second kappa shape index (κ2) is 7.02. The summed E-state index contributed by atoms with van der Waals surface area (Å²) in [6, 6.07) is 13.8. The van der Waals surface area contributed by atoms with E-state index in [4.69, 9.17) is 32.2 Å². The van der Waals surface area contributed by atoms with Gasteiger partial charge in [-0.25, -0.2) is 8.42 Å². The van der Waals surface area contributed by atoms with Crippen LogP contribution in [0.5, 0.6) is 11.5 Å². The van der Waals surface area contributed by atoms with Crippen molar-refractivity contribution in [1.82, 2.24) is 0 Å². The maximum Gasteiger partial charge on any atom is 0.231 e. The van der Waals surface area contributed by atoms with Gasteiger partial charge >= 0.3 is 0 Å². The first kappa shape index (κ1) is 19.2. The van der Waals surface area contributed by atoms with E-state index in [0.29, 0.717) is 18.1 Å². The second-order valence-electron chi connectivity index (χ2n) is 6.91. The minimum atomic E-state index is -3.68. The van der Waals surface area contributed by atoms with Gasteiger partial charge in [-0.05, 0) is 36.8 Å². The Morgan fingerprint density at radius 2 is 1.93 bits per heavy atom. The molecule has 0 spiro atoms. The van der Waals surface area contributed by atoms with E-state index in [9.17, 15) is 8.42 Å². The predicted molar refractivity (Wildman–Crippen MR) is 108 cm³/mol. The first-order valence-electron chi connectivity index (χ1n) is 8.99. The SMILES string of the molecule is CCOC[C@@]1(C(N)=S)[C@@H](c2ccc3c(c2)OCO3)[C@@H]1S(=O)(=O)c1ccccc1. The van der Waals surface area contributed by atoms with Crippen molar-refractivity contribution in [3.8, 4) is 11.5 Å². The number of sulfone groups is 1. The number of hydrogen-bond acceptors (Lipinski definition) is 6. The molecule has 2 aromatic carbocycles. The molecule has 2 N–H and O–H groups in total. The maximum absolute atomic E-state index is 13.5. The number of rotatable bonds is 7. The third-order valence-electron chi connectivity index (χ3n) is 5.42. The molecule has 0 aromatic heterocycles. The Kier molecular flexibility index (Phi) is 4.81. The van der Waals surface area contributed by atoms with Crippen LogP contribution in [0.4, 0.5) is 0 Å². The van der Waals surface area contributed by atoms with Gasteiger partial charge in [0.25, 0.3) is 0 Å². The molecule has 1 aliphatic carbocycles.